The lowest BCUT2D eigenvalue weighted by Crippen LogP contribution is -2.58. The molecule has 3 nitrogen and oxygen atoms in total. The van der Waals surface area contributed by atoms with Gasteiger partial charge in [-0.25, -0.2) is 0 Å². The molecule has 3 aliphatic carbocycles. The Morgan fingerprint density at radius 2 is 2.00 bits per heavy atom. The highest BCUT2D eigenvalue weighted by Crippen LogP contribution is 2.65. The summed E-state index contributed by atoms with van der Waals surface area (Å²) in [4.78, 5) is 2.47. The highest BCUT2D eigenvalue weighted by atomic mass is 16.3. The van der Waals surface area contributed by atoms with Gasteiger partial charge in [-0.15, -0.1) is 0 Å². The summed E-state index contributed by atoms with van der Waals surface area (Å²) in [7, 11) is 0. The van der Waals surface area contributed by atoms with Crippen LogP contribution in [0, 0.1) is 34.5 Å². The third-order valence-corrected chi connectivity index (χ3v) is 8.62. The van der Waals surface area contributed by atoms with Crippen molar-refractivity contribution >= 4 is 0 Å². The fourth-order valence-corrected chi connectivity index (χ4v) is 7.37. The number of fused-ring (bicyclic) bond motifs is 5. The number of nitrogens with zero attached hydrogens (tertiary/aromatic N) is 1. The fourth-order valence-electron chi connectivity index (χ4n) is 7.37. The van der Waals surface area contributed by atoms with Crippen LogP contribution in [0.25, 0.3) is 0 Å². The average Bonchev–Trinajstić information content (AvgIpc) is 2.91. The van der Waals surface area contributed by atoms with Crippen LogP contribution in [0.5, 0.6) is 0 Å². The fraction of sp³-hybridized carbons (Fsp3) is 0.810. The zero-order valence-corrected chi connectivity index (χ0v) is 15.3. The first-order valence-corrected chi connectivity index (χ1v) is 9.97. The Hall–Kier alpha value is -0.960. The smallest absolute Gasteiger partial charge is 0.0464 e. The van der Waals surface area contributed by atoms with Gasteiger partial charge in [-0.2, -0.15) is 0 Å². The third-order valence-electron chi connectivity index (χ3n) is 8.62. The molecule has 0 radical (unpaired) electrons. The van der Waals surface area contributed by atoms with E-state index in [-0.39, 0.29) is 5.41 Å². The average molecular weight is 331 g/mol. The van der Waals surface area contributed by atoms with Gasteiger partial charge in [0.25, 0.3) is 0 Å². The van der Waals surface area contributed by atoms with Crippen molar-refractivity contribution in [2.75, 3.05) is 13.2 Å². The second-order valence-corrected chi connectivity index (χ2v) is 9.28. The Kier molecular flexibility index (Phi) is 3.98. The van der Waals surface area contributed by atoms with E-state index in [9.17, 15) is 5.11 Å². The minimum Gasteiger partial charge on any atom is -0.403 e. The van der Waals surface area contributed by atoms with Gasteiger partial charge < -0.3 is 15.7 Å². The number of hydrogen-bond donors (Lipinski definition) is 2. The molecule has 24 heavy (non-hydrogen) atoms. The second kappa shape index (κ2) is 5.79. The van der Waals surface area contributed by atoms with Crippen LogP contribution in [0.2, 0.25) is 0 Å². The van der Waals surface area contributed by atoms with Crippen LogP contribution < -0.4 is 5.73 Å². The molecule has 4 rings (SSSR count). The van der Waals surface area contributed by atoms with Gasteiger partial charge in [-0.3, -0.25) is 0 Å². The summed E-state index contributed by atoms with van der Waals surface area (Å²) >= 11 is 0. The van der Waals surface area contributed by atoms with Crippen molar-refractivity contribution < 1.29 is 5.11 Å². The molecule has 3 fully saturated rings. The maximum atomic E-state index is 9.86. The van der Waals surface area contributed by atoms with Crippen molar-refractivity contribution in [3.05, 3.63) is 24.6 Å². The van der Waals surface area contributed by atoms with E-state index in [0.717, 1.165) is 24.3 Å². The zero-order valence-electron chi connectivity index (χ0n) is 15.3. The summed E-state index contributed by atoms with van der Waals surface area (Å²) < 4.78 is 0. The normalized spacial score (nSPS) is 50.6. The minimum atomic E-state index is 0.277. The van der Waals surface area contributed by atoms with Crippen LogP contribution in [-0.4, -0.2) is 29.2 Å². The first-order chi connectivity index (χ1) is 11.5. The molecule has 0 aromatic rings. The lowest BCUT2D eigenvalue weighted by molar-refractivity contribution is -0.0873. The van der Waals surface area contributed by atoms with Crippen LogP contribution in [-0.2, 0) is 0 Å². The summed E-state index contributed by atoms with van der Waals surface area (Å²) in [6.45, 7) is 6.37. The Morgan fingerprint density at radius 1 is 1.17 bits per heavy atom. The zero-order chi connectivity index (χ0) is 16.9. The molecule has 3 saturated carbocycles. The largest absolute Gasteiger partial charge is 0.403 e. The van der Waals surface area contributed by atoms with Crippen molar-refractivity contribution in [2.45, 2.75) is 58.4 Å². The molecule has 1 heterocycles. The van der Waals surface area contributed by atoms with Gasteiger partial charge in [-0.05, 0) is 67.6 Å². The summed E-state index contributed by atoms with van der Waals surface area (Å²) in [5, 5.41) is 9.86. The molecule has 0 amide bonds. The molecular formula is C21H34N2O. The quantitative estimate of drug-likeness (QED) is 0.762. The molecule has 5 unspecified atom stereocenters. The van der Waals surface area contributed by atoms with E-state index in [1.54, 1.807) is 6.20 Å². The number of aliphatic hydroxyl groups excluding tert-OH is 1. The maximum Gasteiger partial charge on any atom is 0.0464 e. The predicted molar refractivity (Wildman–Crippen MR) is 97.9 cm³/mol. The van der Waals surface area contributed by atoms with Crippen LogP contribution in [0.3, 0.4) is 0 Å². The number of rotatable bonds is 2. The van der Waals surface area contributed by atoms with Gasteiger partial charge in [0.2, 0.25) is 0 Å². The molecule has 134 valence electrons. The molecule has 1 aliphatic heterocycles. The monoisotopic (exact) mass is 330 g/mol. The van der Waals surface area contributed by atoms with Crippen LogP contribution in [0.1, 0.15) is 52.4 Å². The van der Waals surface area contributed by atoms with Crippen molar-refractivity contribution in [1.82, 2.24) is 4.90 Å². The van der Waals surface area contributed by atoms with Gasteiger partial charge >= 0.3 is 0 Å². The summed E-state index contributed by atoms with van der Waals surface area (Å²) in [6, 6.07) is 0.600. The van der Waals surface area contributed by atoms with E-state index in [2.05, 4.69) is 37.1 Å². The maximum absolute atomic E-state index is 9.86. The van der Waals surface area contributed by atoms with Crippen LogP contribution >= 0.6 is 0 Å². The van der Waals surface area contributed by atoms with E-state index >= 15 is 0 Å². The van der Waals surface area contributed by atoms with Gasteiger partial charge in [0, 0.05) is 37.0 Å². The molecule has 7 atom stereocenters. The predicted octanol–water partition coefficient (Wildman–Crippen LogP) is 3.51. The molecule has 4 aliphatic rings. The summed E-state index contributed by atoms with van der Waals surface area (Å²) in [5.74, 6) is 2.98. The van der Waals surface area contributed by atoms with E-state index in [4.69, 9.17) is 5.73 Å². The molecule has 0 aromatic heterocycles. The Bertz CT molecular complexity index is 544. The number of hydrogen-bond acceptors (Lipinski definition) is 3. The highest BCUT2D eigenvalue weighted by molar-refractivity contribution is 5.19. The molecule has 0 aromatic carbocycles. The standard InChI is InChI=1S/C21H34N2O/c1-20-10-8-18-16(17(20)6-4-15(20)14-24)5-7-19-21(18,2)9-3-12-23(19)13-11-22/h3,9,11,13,15-19,24H,4-8,10,12,14,22H2,1-2H3/b13-11-/t15-,16?,17?,18?,19?,20?,21-/m1/s1. The van der Waals surface area contributed by atoms with Crippen molar-refractivity contribution in [2.24, 2.45) is 40.2 Å². The first kappa shape index (κ1) is 16.5. The van der Waals surface area contributed by atoms with E-state index in [1.807, 2.05) is 0 Å². The summed E-state index contributed by atoms with van der Waals surface area (Å²) in [6.07, 6.45) is 16.5. The van der Waals surface area contributed by atoms with Gasteiger partial charge in [0.15, 0.2) is 0 Å². The highest BCUT2D eigenvalue weighted by Gasteiger charge is 2.59. The molecule has 3 N–H and O–H groups in total. The summed E-state index contributed by atoms with van der Waals surface area (Å²) in [5.41, 5.74) is 6.36. The Balaban J connectivity index is 1.64. The van der Waals surface area contributed by atoms with Crippen molar-refractivity contribution in [1.29, 1.82) is 0 Å². The number of nitrogens with two attached hydrogens (primary N) is 1. The molecule has 0 bridgehead atoms. The topological polar surface area (TPSA) is 49.5 Å². The first-order valence-electron chi connectivity index (χ1n) is 9.97. The van der Waals surface area contributed by atoms with Gasteiger partial charge in [0.1, 0.15) is 0 Å². The molecule has 0 saturated heterocycles. The lowest BCUT2D eigenvalue weighted by Gasteiger charge is -2.60. The van der Waals surface area contributed by atoms with E-state index < -0.39 is 0 Å². The van der Waals surface area contributed by atoms with E-state index in [0.29, 0.717) is 24.0 Å². The van der Waals surface area contributed by atoms with E-state index in [1.165, 1.54) is 38.5 Å². The molecule has 3 heteroatoms. The van der Waals surface area contributed by atoms with Crippen LogP contribution in [0.15, 0.2) is 24.6 Å². The number of aliphatic hydroxyl groups is 1. The second-order valence-electron chi connectivity index (χ2n) is 9.28. The Morgan fingerprint density at radius 3 is 2.75 bits per heavy atom. The third kappa shape index (κ3) is 2.13. The van der Waals surface area contributed by atoms with Gasteiger partial charge in [-0.1, -0.05) is 26.0 Å². The van der Waals surface area contributed by atoms with Gasteiger partial charge in [0.05, 0.1) is 0 Å². The Labute approximate surface area is 147 Å². The molecule has 0 spiro atoms. The van der Waals surface area contributed by atoms with Crippen LogP contribution in [0.4, 0.5) is 0 Å². The minimum absolute atomic E-state index is 0.277. The SMILES string of the molecule is CC12CCC3C(CCC4N(/C=C\N)CC=C[C@]34C)C1CC[C@@H]2CO. The van der Waals surface area contributed by atoms with Crippen molar-refractivity contribution in [3.8, 4) is 0 Å². The molecular weight excluding hydrogens is 296 g/mol. The van der Waals surface area contributed by atoms with Crippen molar-refractivity contribution in [3.63, 3.8) is 0 Å². The lowest BCUT2D eigenvalue weighted by atomic mass is 9.48.